The molecule has 0 fully saturated rings. The molecular weight excluding hydrogens is 348 g/mol. The Hall–Kier alpha value is -2.54. The number of nitrogens with zero attached hydrogens (tertiary/aromatic N) is 4. The van der Waals surface area contributed by atoms with Gasteiger partial charge in [-0.2, -0.15) is 4.68 Å². The van der Waals surface area contributed by atoms with Crippen molar-refractivity contribution in [2.24, 2.45) is 0 Å². The van der Waals surface area contributed by atoms with Crippen LogP contribution in [0.15, 0.2) is 59.1 Å². The van der Waals surface area contributed by atoms with E-state index in [-0.39, 0.29) is 6.61 Å². The average molecular weight is 359 g/mol. The first kappa shape index (κ1) is 14.4. The Kier molecular flexibility index (Phi) is 4.24. The van der Waals surface area contributed by atoms with E-state index in [0.29, 0.717) is 15.9 Å². The molecule has 3 rings (SSSR count). The number of hydrogen-bond acceptors (Lipinski definition) is 5. The molecule has 0 N–H and O–H groups in total. The van der Waals surface area contributed by atoms with Gasteiger partial charge in [-0.15, -0.1) is 5.10 Å². The molecule has 0 radical (unpaired) electrons. The molecule has 0 aliphatic heterocycles. The lowest BCUT2D eigenvalue weighted by molar-refractivity contribution is 0.0458. The molecule has 1 heterocycles. The van der Waals surface area contributed by atoms with Crippen LogP contribution in [0.3, 0.4) is 0 Å². The highest BCUT2D eigenvalue weighted by molar-refractivity contribution is 9.10. The zero-order chi connectivity index (χ0) is 15.4. The summed E-state index contributed by atoms with van der Waals surface area (Å²) in [5.74, 6) is 0.0155. The third-order valence-electron chi connectivity index (χ3n) is 2.96. The Labute approximate surface area is 134 Å². The molecule has 110 valence electrons. The molecule has 0 aliphatic carbocycles. The summed E-state index contributed by atoms with van der Waals surface area (Å²) in [7, 11) is 0. The van der Waals surface area contributed by atoms with Crippen LogP contribution in [0.4, 0.5) is 0 Å². The lowest BCUT2D eigenvalue weighted by atomic mass is 10.2. The van der Waals surface area contributed by atoms with Gasteiger partial charge in [0.1, 0.15) is 0 Å². The second kappa shape index (κ2) is 6.48. The minimum atomic E-state index is -0.435. The maximum atomic E-state index is 12.1. The predicted molar refractivity (Wildman–Crippen MR) is 82.4 cm³/mol. The van der Waals surface area contributed by atoms with Crippen molar-refractivity contribution >= 4 is 21.9 Å². The van der Waals surface area contributed by atoms with Gasteiger partial charge in [-0.1, -0.05) is 30.3 Å². The maximum absolute atomic E-state index is 12.1. The number of aromatic nitrogens is 4. The van der Waals surface area contributed by atoms with Gasteiger partial charge >= 0.3 is 5.97 Å². The van der Waals surface area contributed by atoms with Crippen LogP contribution >= 0.6 is 15.9 Å². The van der Waals surface area contributed by atoms with E-state index in [2.05, 4.69) is 31.5 Å². The first-order valence-electron chi connectivity index (χ1n) is 6.50. The van der Waals surface area contributed by atoms with E-state index in [9.17, 15) is 4.79 Å². The fourth-order valence-corrected chi connectivity index (χ4v) is 2.35. The van der Waals surface area contributed by atoms with E-state index in [1.165, 1.54) is 4.68 Å². The standard InChI is InChI=1S/C15H11BrN4O2/c16-13-9-5-4-8-12(13)15(21)22-10-14-17-18-19-20(14)11-6-2-1-3-7-11/h1-9H,10H2. The largest absolute Gasteiger partial charge is 0.454 e. The summed E-state index contributed by atoms with van der Waals surface area (Å²) in [6.07, 6.45) is 0. The number of esters is 1. The highest BCUT2D eigenvalue weighted by atomic mass is 79.9. The molecule has 3 aromatic rings. The van der Waals surface area contributed by atoms with Crippen molar-refractivity contribution in [3.63, 3.8) is 0 Å². The van der Waals surface area contributed by atoms with Gasteiger partial charge < -0.3 is 4.74 Å². The van der Waals surface area contributed by atoms with Crippen molar-refractivity contribution in [3.05, 3.63) is 70.5 Å². The number of ether oxygens (including phenoxy) is 1. The quantitative estimate of drug-likeness (QED) is 0.670. The fourth-order valence-electron chi connectivity index (χ4n) is 1.90. The van der Waals surface area contributed by atoms with Gasteiger partial charge in [-0.05, 0) is 50.6 Å². The predicted octanol–water partition coefficient (Wildman–Crippen LogP) is 2.78. The zero-order valence-corrected chi connectivity index (χ0v) is 13.0. The summed E-state index contributed by atoms with van der Waals surface area (Å²) in [5.41, 5.74) is 1.26. The van der Waals surface area contributed by atoms with Crippen molar-refractivity contribution in [1.82, 2.24) is 20.2 Å². The average Bonchev–Trinajstić information content (AvgIpc) is 3.02. The number of carbonyl (C=O) groups is 1. The second-order valence-electron chi connectivity index (χ2n) is 4.40. The van der Waals surface area contributed by atoms with Crippen LogP contribution in [0, 0.1) is 0 Å². The lowest BCUT2D eigenvalue weighted by Crippen LogP contribution is -2.10. The van der Waals surface area contributed by atoms with Crippen molar-refractivity contribution in [3.8, 4) is 5.69 Å². The summed E-state index contributed by atoms with van der Waals surface area (Å²) in [6.45, 7) is -0.0118. The van der Waals surface area contributed by atoms with Crippen LogP contribution in [0.2, 0.25) is 0 Å². The molecule has 0 unspecified atom stereocenters. The number of tetrazole rings is 1. The van der Waals surface area contributed by atoms with Crippen molar-refractivity contribution in [2.45, 2.75) is 6.61 Å². The molecule has 7 heteroatoms. The van der Waals surface area contributed by atoms with Crippen LogP contribution in [-0.4, -0.2) is 26.2 Å². The summed E-state index contributed by atoms with van der Waals surface area (Å²) in [4.78, 5) is 12.1. The normalized spacial score (nSPS) is 10.4. The third kappa shape index (κ3) is 3.04. The number of para-hydroxylation sites is 1. The number of carbonyl (C=O) groups excluding carboxylic acids is 1. The van der Waals surface area contributed by atoms with Gasteiger partial charge in [0.2, 0.25) is 0 Å². The van der Waals surface area contributed by atoms with Gasteiger partial charge in [-0.3, -0.25) is 0 Å². The number of rotatable bonds is 4. The van der Waals surface area contributed by atoms with E-state index >= 15 is 0 Å². The molecule has 0 aliphatic rings. The van der Waals surface area contributed by atoms with E-state index in [1.54, 1.807) is 18.2 Å². The van der Waals surface area contributed by atoms with Gasteiger partial charge in [-0.25, -0.2) is 4.79 Å². The van der Waals surface area contributed by atoms with Crippen LogP contribution in [0.5, 0.6) is 0 Å². The van der Waals surface area contributed by atoms with Crippen LogP contribution in [0.25, 0.3) is 5.69 Å². The molecule has 0 saturated heterocycles. The van der Waals surface area contributed by atoms with Gasteiger partial charge in [0.05, 0.1) is 11.3 Å². The maximum Gasteiger partial charge on any atom is 0.339 e. The molecule has 0 saturated carbocycles. The Morgan fingerprint density at radius 1 is 1.09 bits per heavy atom. The topological polar surface area (TPSA) is 69.9 Å². The minimum Gasteiger partial charge on any atom is -0.454 e. The van der Waals surface area contributed by atoms with E-state index in [0.717, 1.165) is 5.69 Å². The molecular formula is C15H11BrN4O2. The SMILES string of the molecule is O=C(OCc1nnnn1-c1ccccc1)c1ccccc1Br. The monoisotopic (exact) mass is 358 g/mol. The number of halogens is 1. The highest BCUT2D eigenvalue weighted by Crippen LogP contribution is 2.17. The van der Waals surface area contributed by atoms with Gasteiger partial charge in [0.15, 0.2) is 12.4 Å². The lowest BCUT2D eigenvalue weighted by Gasteiger charge is -2.07. The van der Waals surface area contributed by atoms with E-state index in [4.69, 9.17) is 4.74 Å². The van der Waals surface area contributed by atoms with Crippen molar-refractivity contribution < 1.29 is 9.53 Å². The van der Waals surface area contributed by atoms with Gasteiger partial charge in [0.25, 0.3) is 0 Å². The molecule has 0 bridgehead atoms. The van der Waals surface area contributed by atoms with E-state index < -0.39 is 5.97 Å². The minimum absolute atomic E-state index is 0.0118. The van der Waals surface area contributed by atoms with Crippen LogP contribution in [0.1, 0.15) is 16.2 Å². The van der Waals surface area contributed by atoms with Gasteiger partial charge in [0, 0.05) is 4.47 Å². The Morgan fingerprint density at radius 3 is 2.59 bits per heavy atom. The Bertz CT molecular complexity index is 789. The summed E-state index contributed by atoms with van der Waals surface area (Å²) < 4.78 is 7.50. The second-order valence-corrected chi connectivity index (χ2v) is 5.25. The van der Waals surface area contributed by atoms with Crippen LogP contribution < -0.4 is 0 Å². The molecule has 0 atom stereocenters. The van der Waals surface area contributed by atoms with E-state index in [1.807, 2.05) is 36.4 Å². The summed E-state index contributed by atoms with van der Waals surface area (Å²) in [6, 6.07) is 16.5. The number of benzene rings is 2. The highest BCUT2D eigenvalue weighted by Gasteiger charge is 2.14. The molecule has 0 spiro atoms. The molecule has 1 aromatic heterocycles. The molecule has 2 aromatic carbocycles. The first-order valence-corrected chi connectivity index (χ1v) is 7.29. The third-order valence-corrected chi connectivity index (χ3v) is 3.65. The molecule has 22 heavy (non-hydrogen) atoms. The summed E-state index contributed by atoms with van der Waals surface area (Å²) >= 11 is 3.32. The molecule has 0 amide bonds. The number of hydrogen-bond donors (Lipinski definition) is 0. The van der Waals surface area contributed by atoms with Crippen LogP contribution in [-0.2, 0) is 11.3 Å². The molecule has 6 nitrogen and oxygen atoms in total. The van der Waals surface area contributed by atoms with Crippen molar-refractivity contribution in [2.75, 3.05) is 0 Å². The van der Waals surface area contributed by atoms with Crippen molar-refractivity contribution in [1.29, 1.82) is 0 Å². The zero-order valence-electron chi connectivity index (χ0n) is 11.4. The summed E-state index contributed by atoms with van der Waals surface area (Å²) in [5, 5.41) is 11.4. The first-order chi connectivity index (χ1) is 10.8. The smallest absolute Gasteiger partial charge is 0.339 e. The Morgan fingerprint density at radius 2 is 1.82 bits per heavy atom. The Balaban J connectivity index is 1.75. The fraction of sp³-hybridized carbons (Fsp3) is 0.0667.